The molecule has 0 amide bonds. The molecule has 2 aromatic carbocycles. The average Bonchev–Trinajstić information content (AvgIpc) is 2.64. The van der Waals surface area contributed by atoms with Crippen molar-refractivity contribution in [2.45, 2.75) is 18.9 Å². The van der Waals surface area contributed by atoms with E-state index in [1.807, 2.05) is 6.07 Å². The van der Waals surface area contributed by atoms with Gasteiger partial charge in [-0.2, -0.15) is 0 Å². The fourth-order valence-electron chi connectivity index (χ4n) is 3.39. The molecule has 1 aliphatic rings. The maximum absolute atomic E-state index is 6.07. The van der Waals surface area contributed by atoms with E-state index in [0.29, 0.717) is 6.61 Å². The molecule has 1 aliphatic heterocycles. The summed E-state index contributed by atoms with van der Waals surface area (Å²) in [6.45, 7) is 2.64. The third-order valence-corrected chi connectivity index (χ3v) is 5.42. The largest absolute Gasteiger partial charge is 0.493 e. The Labute approximate surface area is 164 Å². The minimum absolute atomic E-state index is 0.157. The molecule has 1 unspecified atom stereocenters. The second kappa shape index (κ2) is 8.89. The van der Waals surface area contributed by atoms with Gasteiger partial charge in [-0.1, -0.05) is 34.1 Å². The molecule has 26 heavy (non-hydrogen) atoms. The maximum atomic E-state index is 6.07. The van der Waals surface area contributed by atoms with Crippen LogP contribution in [0.4, 0.5) is 0 Å². The first-order chi connectivity index (χ1) is 12.6. The summed E-state index contributed by atoms with van der Waals surface area (Å²) in [6.07, 6.45) is 1.98. The van der Waals surface area contributed by atoms with E-state index in [1.165, 1.54) is 16.7 Å². The molecule has 0 radical (unpaired) electrons. The molecule has 0 aromatic heterocycles. The monoisotopic (exact) mass is 418 g/mol. The van der Waals surface area contributed by atoms with Gasteiger partial charge in [-0.3, -0.25) is 0 Å². The molecule has 4 nitrogen and oxygen atoms in total. The van der Waals surface area contributed by atoms with E-state index >= 15 is 0 Å². The zero-order valence-electron chi connectivity index (χ0n) is 15.7. The summed E-state index contributed by atoms with van der Waals surface area (Å²) in [5, 5.41) is 3.65. The Kier molecular flexibility index (Phi) is 6.57. The fraction of sp³-hybridized carbons (Fsp3) is 0.429. The van der Waals surface area contributed by atoms with Gasteiger partial charge in [0.15, 0.2) is 11.5 Å². The number of nitrogens with zero attached hydrogens (tertiary/aromatic N) is 1. The lowest BCUT2D eigenvalue weighted by Crippen LogP contribution is -2.31. The summed E-state index contributed by atoms with van der Waals surface area (Å²) in [7, 11) is 5.86. The molecule has 1 N–H and O–H groups in total. The fourth-order valence-corrected chi connectivity index (χ4v) is 3.90. The van der Waals surface area contributed by atoms with Gasteiger partial charge in [0.05, 0.1) is 19.8 Å². The van der Waals surface area contributed by atoms with Gasteiger partial charge in [0.1, 0.15) is 0 Å². The van der Waals surface area contributed by atoms with Crippen LogP contribution in [-0.2, 0) is 6.42 Å². The van der Waals surface area contributed by atoms with Crippen LogP contribution in [0, 0.1) is 0 Å². The average molecular weight is 419 g/mol. The van der Waals surface area contributed by atoms with Crippen LogP contribution in [-0.4, -0.2) is 45.8 Å². The number of ether oxygens (including phenoxy) is 2. The summed E-state index contributed by atoms with van der Waals surface area (Å²) in [5.74, 6) is 1.65. The van der Waals surface area contributed by atoms with Crippen LogP contribution >= 0.6 is 15.9 Å². The van der Waals surface area contributed by atoms with E-state index < -0.39 is 0 Å². The van der Waals surface area contributed by atoms with Crippen molar-refractivity contribution in [3.8, 4) is 11.5 Å². The van der Waals surface area contributed by atoms with E-state index in [0.717, 1.165) is 41.9 Å². The Hall–Kier alpha value is -1.56. The van der Waals surface area contributed by atoms with Crippen LogP contribution in [0.3, 0.4) is 0 Å². The SMILES string of the molecule is COc1cc2c(cc1OCCCN(C)C)C(c1ccccc1Br)NCC2. The summed E-state index contributed by atoms with van der Waals surface area (Å²) in [5.41, 5.74) is 3.84. The van der Waals surface area contributed by atoms with E-state index in [-0.39, 0.29) is 6.04 Å². The standard InChI is InChI=1S/C21H27BrN2O2/c1-24(2)11-6-12-26-20-14-17-15(13-19(20)25-3)9-10-23-21(17)16-7-4-5-8-18(16)22/h4-5,7-8,13-14,21,23H,6,9-12H2,1-3H3. The molecule has 0 saturated heterocycles. The first-order valence-electron chi connectivity index (χ1n) is 9.06. The van der Waals surface area contributed by atoms with Gasteiger partial charge in [0.2, 0.25) is 0 Å². The number of methoxy groups -OCH3 is 1. The van der Waals surface area contributed by atoms with Crippen molar-refractivity contribution >= 4 is 15.9 Å². The predicted octanol–water partition coefficient (Wildman–Crippen LogP) is 4.02. The van der Waals surface area contributed by atoms with Gasteiger partial charge in [0, 0.05) is 17.6 Å². The Morgan fingerprint density at radius 1 is 1.15 bits per heavy atom. The van der Waals surface area contributed by atoms with Crippen molar-refractivity contribution in [2.24, 2.45) is 0 Å². The van der Waals surface area contributed by atoms with Crippen LogP contribution in [0.1, 0.15) is 29.2 Å². The molecule has 0 bridgehead atoms. The van der Waals surface area contributed by atoms with E-state index in [4.69, 9.17) is 9.47 Å². The smallest absolute Gasteiger partial charge is 0.161 e. The van der Waals surface area contributed by atoms with Crippen molar-refractivity contribution in [3.63, 3.8) is 0 Å². The van der Waals surface area contributed by atoms with Gasteiger partial charge in [0.25, 0.3) is 0 Å². The Morgan fingerprint density at radius 3 is 2.69 bits per heavy atom. The minimum Gasteiger partial charge on any atom is -0.493 e. The number of hydrogen-bond acceptors (Lipinski definition) is 4. The second-order valence-electron chi connectivity index (χ2n) is 6.87. The van der Waals surface area contributed by atoms with Gasteiger partial charge in [-0.05, 0) is 61.8 Å². The normalized spacial score (nSPS) is 16.4. The van der Waals surface area contributed by atoms with Crippen molar-refractivity contribution in [3.05, 3.63) is 57.6 Å². The Bertz CT molecular complexity index is 749. The van der Waals surface area contributed by atoms with Crippen molar-refractivity contribution in [2.75, 3.05) is 40.9 Å². The molecule has 1 heterocycles. The third kappa shape index (κ3) is 4.40. The molecule has 3 rings (SSSR count). The van der Waals surface area contributed by atoms with Crippen LogP contribution < -0.4 is 14.8 Å². The first-order valence-corrected chi connectivity index (χ1v) is 9.85. The molecule has 140 valence electrons. The molecular weight excluding hydrogens is 392 g/mol. The molecule has 2 aromatic rings. The lowest BCUT2D eigenvalue weighted by Gasteiger charge is -2.29. The molecule has 1 atom stereocenters. The highest BCUT2D eigenvalue weighted by Gasteiger charge is 2.25. The van der Waals surface area contributed by atoms with E-state index in [9.17, 15) is 0 Å². The van der Waals surface area contributed by atoms with E-state index in [1.54, 1.807) is 7.11 Å². The molecule has 0 saturated carbocycles. The highest BCUT2D eigenvalue weighted by Crippen LogP contribution is 2.39. The summed E-state index contributed by atoms with van der Waals surface area (Å²) in [6, 6.07) is 12.8. The molecule has 0 spiro atoms. The van der Waals surface area contributed by atoms with E-state index in [2.05, 4.69) is 70.6 Å². The number of benzene rings is 2. The molecule has 0 aliphatic carbocycles. The number of nitrogens with one attached hydrogen (secondary N) is 1. The van der Waals surface area contributed by atoms with Crippen molar-refractivity contribution in [1.29, 1.82) is 0 Å². The highest BCUT2D eigenvalue weighted by molar-refractivity contribution is 9.10. The Balaban J connectivity index is 1.88. The minimum atomic E-state index is 0.157. The molecule has 5 heteroatoms. The van der Waals surface area contributed by atoms with Crippen molar-refractivity contribution < 1.29 is 9.47 Å². The summed E-state index contributed by atoms with van der Waals surface area (Å²) >= 11 is 3.69. The first kappa shape index (κ1) is 19.2. The predicted molar refractivity (Wildman–Crippen MR) is 109 cm³/mol. The zero-order valence-corrected chi connectivity index (χ0v) is 17.3. The van der Waals surface area contributed by atoms with Gasteiger partial charge in [-0.25, -0.2) is 0 Å². The van der Waals surface area contributed by atoms with Crippen molar-refractivity contribution in [1.82, 2.24) is 10.2 Å². The number of halogens is 1. The van der Waals surface area contributed by atoms with Crippen LogP contribution in [0.2, 0.25) is 0 Å². The lowest BCUT2D eigenvalue weighted by molar-refractivity contribution is 0.267. The lowest BCUT2D eigenvalue weighted by atomic mass is 9.89. The number of hydrogen-bond donors (Lipinski definition) is 1. The summed E-state index contributed by atoms with van der Waals surface area (Å²) in [4.78, 5) is 2.17. The number of rotatable bonds is 7. The van der Waals surface area contributed by atoms with Gasteiger partial charge >= 0.3 is 0 Å². The molecular formula is C21H27BrN2O2. The zero-order chi connectivity index (χ0) is 18.5. The molecule has 0 fully saturated rings. The van der Waals surface area contributed by atoms with Crippen LogP contribution in [0.15, 0.2) is 40.9 Å². The van der Waals surface area contributed by atoms with Gasteiger partial charge in [-0.15, -0.1) is 0 Å². The van der Waals surface area contributed by atoms with Crippen LogP contribution in [0.5, 0.6) is 11.5 Å². The topological polar surface area (TPSA) is 33.7 Å². The second-order valence-corrected chi connectivity index (χ2v) is 7.72. The third-order valence-electron chi connectivity index (χ3n) is 4.70. The Morgan fingerprint density at radius 2 is 1.96 bits per heavy atom. The van der Waals surface area contributed by atoms with Gasteiger partial charge < -0.3 is 19.7 Å². The summed E-state index contributed by atoms with van der Waals surface area (Å²) < 4.78 is 12.8. The quantitative estimate of drug-likeness (QED) is 0.688. The number of fused-ring (bicyclic) bond motifs is 1. The maximum Gasteiger partial charge on any atom is 0.161 e. The highest BCUT2D eigenvalue weighted by atomic mass is 79.9. The van der Waals surface area contributed by atoms with Crippen LogP contribution in [0.25, 0.3) is 0 Å².